The van der Waals surface area contributed by atoms with Crippen molar-refractivity contribution >= 4 is 23.5 Å². The molecule has 2 fully saturated rings. The van der Waals surface area contributed by atoms with E-state index in [1.54, 1.807) is 19.1 Å². The van der Waals surface area contributed by atoms with Crippen LogP contribution in [0.5, 0.6) is 11.5 Å². The molecule has 0 unspecified atom stereocenters. The molecule has 0 bridgehead atoms. The number of methoxy groups -OCH3 is 1. The third-order valence-electron chi connectivity index (χ3n) is 6.13. The van der Waals surface area contributed by atoms with Crippen molar-refractivity contribution in [3.8, 4) is 22.6 Å². The molecule has 178 valence electrons. The predicted octanol–water partition coefficient (Wildman–Crippen LogP) is 6.73. The van der Waals surface area contributed by atoms with Gasteiger partial charge in [0.05, 0.1) is 30.3 Å². The monoisotopic (exact) mass is 496 g/mol. The van der Waals surface area contributed by atoms with Gasteiger partial charge in [0.1, 0.15) is 11.5 Å². The van der Waals surface area contributed by atoms with Crippen molar-refractivity contribution in [1.29, 1.82) is 0 Å². The molecule has 0 radical (unpaired) electrons. The number of benzene rings is 2. The zero-order valence-electron chi connectivity index (χ0n) is 19.7. The van der Waals surface area contributed by atoms with Crippen LogP contribution in [-0.2, 0) is 16.9 Å². The lowest BCUT2D eigenvalue weighted by Gasteiger charge is -2.22. The van der Waals surface area contributed by atoms with E-state index in [1.807, 2.05) is 42.9 Å². The maximum atomic E-state index is 6.60. The van der Waals surface area contributed by atoms with E-state index in [9.17, 15) is 0 Å². The highest BCUT2D eigenvalue weighted by Crippen LogP contribution is 2.53. The summed E-state index contributed by atoms with van der Waals surface area (Å²) in [6.07, 6.45) is 8.27. The van der Waals surface area contributed by atoms with E-state index < -0.39 is 0 Å². The van der Waals surface area contributed by atoms with Crippen molar-refractivity contribution in [3.63, 3.8) is 0 Å². The standard InChI is InChI=1S/C27H29ClN2O3S/c1-30(2)34-26-14-18(23(28)15-25(26)31-3)17-32-27(11-12-27)22-16-29-13-10-20(22)21-6-4-5-7-24(21)33-19-8-9-19/h4-7,10,13-16,19H,8-9,11-12,17H2,1-3H3. The normalized spacial score (nSPS) is 16.5. The second kappa shape index (κ2) is 9.78. The van der Waals surface area contributed by atoms with Gasteiger partial charge in [-0.2, -0.15) is 0 Å². The summed E-state index contributed by atoms with van der Waals surface area (Å²) in [5.41, 5.74) is 3.90. The summed E-state index contributed by atoms with van der Waals surface area (Å²) in [5.74, 6) is 1.69. The maximum absolute atomic E-state index is 6.60. The zero-order valence-corrected chi connectivity index (χ0v) is 21.3. The van der Waals surface area contributed by atoms with Crippen molar-refractivity contribution in [2.24, 2.45) is 0 Å². The first-order chi connectivity index (χ1) is 16.5. The number of halogens is 1. The van der Waals surface area contributed by atoms with Crippen molar-refractivity contribution in [2.75, 3.05) is 21.2 Å². The molecule has 0 atom stereocenters. The lowest BCUT2D eigenvalue weighted by molar-refractivity contribution is 0.0173. The van der Waals surface area contributed by atoms with Crippen molar-refractivity contribution in [1.82, 2.24) is 9.29 Å². The third-order valence-corrected chi connectivity index (χ3v) is 7.36. The summed E-state index contributed by atoms with van der Waals surface area (Å²) in [5, 5.41) is 0.644. The van der Waals surface area contributed by atoms with E-state index in [4.69, 9.17) is 25.8 Å². The van der Waals surface area contributed by atoms with Crippen molar-refractivity contribution in [2.45, 2.75) is 48.9 Å². The van der Waals surface area contributed by atoms with E-state index in [0.717, 1.165) is 64.3 Å². The minimum absolute atomic E-state index is 0.337. The third kappa shape index (κ3) is 5.05. The Kier molecular flexibility index (Phi) is 6.76. The summed E-state index contributed by atoms with van der Waals surface area (Å²) in [7, 11) is 5.67. The first-order valence-electron chi connectivity index (χ1n) is 11.6. The van der Waals surface area contributed by atoms with Gasteiger partial charge < -0.3 is 14.2 Å². The molecule has 0 N–H and O–H groups in total. The lowest BCUT2D eigenvalue weighted by Crippen LogP contribution is -2.14. The smallest absolute Gasteiger partial charge is 0.135 e. The van der Waals surface area contributed by atoms with Crippen LogP contribution in [0.2, 0.25) is 5.02 Å². The molecule has 0 aliphatic heterocycles. The molecule has 1 aromatic heterocycles. The molecule has 5 nitrogen and oxygen atoms in total. The fourth-order valence-electron chi connectivity index (χ4n) is 4.09. The molecule has 2 aliphatic rings. The van der Waals surface area contributed by atoms with Crippen LogP contribution in [0.1, 0.15) is 36.8 Å². The van der Waals surface area contributed by atoms with Crippen LogP contribution < -0.4 is 9.47 Å². The second-order valence-electron chi connectivity index (χ2n) is 9.02. The molecule has 2 saturated carbocycles. The van der Waals surface area contributed by atoms with Crippen molar-refractivity contribution < 1.29 is 14.2 Å². The number of para-hydroxylation sites is 1. The Morgan fingerprint density at radius 1 is 1.09 bits per heavy atom. The SMILES string of the molecule is COc1cc(Cl)c(COC2(c3cnccc3-c3ccccc3OC3CC3)CC2)cc1SN(C)C. The Morgan fingerprint density at radius 2 is 1.88 bits per heavy atom. The van der Waals surface area contributed by atoms with Crippen LogP contribution in [0.25, 0.3) is 11.1 Å². The highest BCUT2D eigenvalue weighted by atomic mass is 35.5. The van der Waals surface area contributed by atoms with E-state index in [-0.39, 0.29) is 5.60 Å². The van der Waals surface area contributed by atoms with Gasteiger partial charge in [0.25, 0.3) is 0 Å². The zero-order chi connectivity index (χ0) is 23.7. The van der Waals surface area contributed by atoms with Gasteiger partial charge in [-0.05, 0) is 81.1 Å². The summed E-state index contributed by atoms with van der Waals surface area (Å²) >= 11 is 8.20. The van der Waals surface area contributed by atoms with Crippen LogP contribution in [0.3, 0.4) is 0 Å². The fraction of sp³-hybridized carbons (Fsp3) is 0.370. The molecule has 2 aromatic carbocycles. The van der Waals surface area contributed by atoms with Gasteiger partial charge in [0.2, 0.25) is 0 Å². The molecule has 2 aliphatic carbocycles. The largest absolute Gasteiger partial charge is 0.495 e. The number of ether oxygens (including phenoxy) is 3. The molecular formula is C27H29ClN2O3S. The molecule has 0 spiro atoms. The molecule has 1 heterocycles. The molecule has 5 rings (SSSR count). The Labute approximate surface area is 210 Å². The number of nitrogens with zero attached hydrogens (tertiary/aromatic N) is 2. The summed E-state index contributed by atoms with van der Waals surface area (Å²) in [4.78, 5) is 5.46. The average molecular weight is 497 g/mol. The minimum atomic E-state index is -0.367. The van der Waals surface area contributed by atoms with E-state index in [2.05, 4.69) is 35.3 Å². The summed E-state index contributed by atoms with van der Waals surface area (Å²) in [6, 6.07) is 14.3. The maximum Gasteiger partial charge on any atom is 0.135 e. The molecule has 0 saturated heterocycles. The van der Waals surface area contributed by atoms with Crippen LogP contribution in [-0.4, -0.2) is 36.6 Å². The molecule has 34 heavy (non-hydrogen) atoms. The number of rotatable bonds is 10. The van der Waals surface area contributed by atoms with Crippen LogP contribution >= 0.6 is 23.5 Å². The van der Waals surface area contributed by atoms with Gasteiger partial charge in [-0.1, -0.05) is 29.8 Å². The van der Waals surface area contributed by atoms with Crippen molar-refractivity contribution in [3.05, 3.63) is 71.0 Å². The van der Waals surface area contributed by atoms with E-state index in [0.29, 0.717) is 17.7 Å². The van der Waals surface area contributed by atoms with Gasteiger partial charge in [-0.15, -0.1) is 0 Å². The Bertz CT molecular complexity index is 1180. The first kappa shape index (κ1) is 23.5. The van der Waals surface area contributed by atoms with E-state index >= 15 is 0 Å². The molecule has 7 heteroatoms. The van der Waals surface area contributed by atoms with Gasteiger partial charge in [-0.3, -0.25) is 9.29 Å². The highest BCUT2D eigenvalue weighted by Gasteiger charge is 2.47. The molecule has 0 amide bonds. The Morgan fingerprint density at radius 3 is 2.59 bits per heavy atom. The first-order valence-corrected chi connectivity index (χ1v) is 12.7. The number of hydrogen-bond acceptors (Lipinski definition) is 6. The summed E-state index contributed by atoms with van der Waals surface area (Å²) in [6.45, 7) is 0.415. The van der Waals surface area contributed by atoms with Crippen LogP contribution in [0.15, 0.2) is 59.8 Å². The summed E-state index contributed by atoms with van der Waals surface area (Å²) < 4.78 is 20.4. The number of hydrogen-bond donors (Lipinski definition) is 0. The fourth-order valence-corrected chi connectivity index (χ4v) is 5.11. The Hall–Kier alpha value is -2.25. The average Bonchev–Trinajstić information content (AvgIpc) is 3.76. The van der Waals surface area contributed by atoms with E-state index in [1.165, 1.54) is 0 Å². The number of aromatic nitrogens is 1. The molecule has 3 aromatic rings. The van der Waals surface area contributed by atoms with Gasteiger partial charge in [0.15, 0.2) is 0 Å². The lowest BCUT2D eigenvalue weighted by atomic mass is 9.96. The topological polar surface area (TPSA) is 43.8 Å². The van der Waals surface area contributed by atoms with Crippen LogP contribution in [0, 0.1) is 0 Å². The second-order valence-corrected chi connectivity index (χ2v) is 10.8. The predicted molar refractivity (Wildman–Crippen MR) is 137 cm³/mol. The number of pyridine rings is 1. The van der Waals surface area contributed by atoms with Gasteiger partial charge in [0, 0.05) is 34.6 Å². The van der Waals surface area contributed by atoms with Gasteiger partial charge >= 0.3 is 0 Å². The quantitative estimate of drug-likeness (QED) is 0.290. The van der Waals surface area contributed by atoms with Gasteiger partial charge in [-0.25, -0.2) is 0 Å². The molecular weight excluding hydrogens is 468 g/mol. The Balaban J connectivity index is 1.42. The minimum Gasteiger partial charge on any atom is -0.495 e. The highest BCUT2D eigenvalue weighted by molar-refractivity contribution is 7.97. The van der Waals surface area contributed by atoms with Crippen LogP contribution in [0.4, 0.5) is 0 Å².